The predicted octanol–water partition coefficient (Wildman–Crippen LogP) is 1.72. The van der Waals surface area contributed by atoms with Gasteiger partial charge in [-0.1, -0.05) is 20.8 Å². The molecule has 0 aliphatic heterocycles. The Bertz CT molecular complexity index is 666. The Morgan fingerprint density at radius 2 is 2.19 bits per heavy atom. The number of nitrogens with zero attached hydrogens (tertiary/aromatic N) is 3. The van der Waals surface area contributed by atoms with Crippen LogP contribution in [0.1, 0.15) is 39.3 Å². The molecule has 0 saturated heterocycles. The molecular weight excluding hydrogens is 266 g/mol. The molecule has 0 atom stereocenters. The zero-order valence-electron chi connectivity index (χ0n) is 12.7. The van der Waals surface area contributed by atoms with Gasteiger partial charge in [0.2, 0.25) is 5.91 Å². The normalized spacial score (nSPS) is 15.2. The van der Waals surface area contributed by atoms with Crippen LogP contribution in [0.25, 0.3) is 5.52 Å². The van der Waals surface area contributed by atoms with Gasteiger partial charge in [-0.25, -0.2) is 9.50 Å². The quantitative estimate of drug-likeness (QED) is 0.898. The molecule has 6 nitrogen and oxygen atoms in total. The summed E-state index contributed by atoms with van der Waals surface area (Å²) in [5.74, 6) is 0.698. The molecule has 1 aliphatic rings. The Morgan fingerprint density at radius 1 is 1.43 bits per heavy atom. The third-order valence-electron chi connectivity index (χ3n) is 3.52. The number of hydrogen-bond acceptors (Lipinski definition) is 4. The smallest absolute Gasteiger partial charge is 0.239 e. The van der Waals surface area contributed by atoms with Crippen molar-refractivity contribution in [3.63, 3.8) is 0 Å². The molecule has 0 unspecified atom stereocenters. The minimum Gasteiger partial charge on any atom is -0.359 e. The monoisotopic (exact) mass is 287 g/mol. The molecule has 0 radical (unpaired) electrons. The highest BCUT2D eigenvalue weighted by atomic mass is 16.2. The summed E-state index contributed by atoms with van der Waals surface area (Å²) < 4.78 is 1.80. The topological polar surface area (TPSA) is 71.3 Å². The first kappa shape index (κ1) is 13.9. The lowest BCUT2D eigenvalue weighted by atomic mass is 9.92. The molecule has 1 amide bonds. The van der Waals surface area contributed by atoms with E-state index >= 15 is 0 Å². The van der Waals surface area contributed by atoms with Crippen molar-refractivity contribution in [2.24, 2.45) is 0 Å². The molecule has 0 aromatic carbocycles. The van der Waals surface area contributed by atoms with Crippen LogP contribution in [0.2, 0.25) is 0 Å². The van der Waals surface area contributed by atoms with Gasteiger partial charge in [-0.3, -0.25) is 4.79 Å². The SMILES string of the molecule is CC(C)(C)c1cc2c(NCC(=O)NC3CC3)nccn2n1. The Balaban J connectivity index is 1.77. The zero-order chi connectivity index (χ0) is 15.0. The first-order chi connectivity index (χ1) is 9.93. The minimum atomic E-state index is -0.0212. The number of anilines is 1. The number of nitrogens with one attached hydrogen (secondary N) is 2. The molecule has 0 bridgehead atoms. The van der Waals surface area contributed by atoms with E-state index in [1.807, 2.05) is 12.3 Å². The van der Waals surface area contributed by atoms with Crippen LogP contribution in [0.15, 0.2) is 18.5 Å². The van der Waals surface area contributed by atoms with E-state index in [2.05, 4.69) is 41.5 Å². The minimum absolute atomic E-state index is 0.0110. The van der Waals surface area contributed by atoms with Gasteiger partial charge in [-0.2, -0.15) is 5.10 Å². The Hall–Kier alpha value is -2.11. The van der Waals surface area contributed by atoms with Gasteiger partial charge >= 0.3 is 0 Å². The van der Waals surface area contributed by atoms with Gasteiger partial charge in [0.05, 0.1) is 12.2 Å². The van der Waals surface area contributed by atoms with Crippen molar-refractivity contribution < 1.29 is 4.79 Å². The van der Waals surface area contributed by atoms with E-state index in [-0.39, 0.29) is 17.9 Å². The summed E-state index contributed by atoms with van der Waals surface area (Å²) in [6, 6.07) is 2.40. The molecule has 6 heteroatoms. The molecule has 0 spiro atoms. The Labute approximate surface area is 123 Å². The molecule has 1 fully saturated rings. The molecule has 2 heterocycles. The summed E-state index contributed by atoms with van der Waals surface area (Å²) in [6.45, 7) is 6.61. The standard InChI is InChI=1S/C15H21N5O/c1-15(2,3)12-8-11-14(16-6-7-20(11)19-12)17-9-13(21)18-10-4-5-10/h6-8,10H,4-5,9H2,1-3H3,(H,16,17)(H,18,21). The van der Waals surface area contributed by atoms with Crippen molar-refractivity contribution in [1.82, 2.24) is 19.9 Å². The molecule has 112 valence electrons. The van der Waals surface area contributed by atoms with Gasteiger partial charge in [0.15, 0.2) is 5.82 Å². The van der Waals surface area contributed by atoms with Crippen LogP contribution in [0, 0.1) is 0 Å². The number of aromatic nitrogens is 3. The largest absolute Gasteiger partial charge is 0.359 e. The lowest BCUT2D eigenvalue weighted by Crippen LogP contribution is -2.31. The second-order valence-electron chi connectivity index (χ2n) is 6.58. The van der Waals surface area contributed by atoms with E-state index in [1.54, 1.807) is 10.7 Å². The molecule has 1 aliphatic carbocycles. The van der Waals surface area contributed by atoms with Crippen molar-refractivity contribution in [2.45, 2.75) is 45.1 Å². The lowest BCUT2D eigenvalue weighted by Gasteiger charge is -2.13. The molecule has 2 aromatic heterocycles. The maximum atomic E-state index is 11.7. The first-order valence-corrected chi connectivity index (χ1v) is 7.31. The van der Waals surface area contributed by atoms with Crippen molar-refractivity contribution in [1.29, 1.82) is 0 Å². The van der Waals surface area contributed by atoms with Crippen molar-refractivity contribution in [3.8, 4) is 0 Å². The number of carbonyl (C=O) groups excluding carboxylic acids is 1. The molecule has 3 rings (SSSR count). The van der Waals surface area contributed by atoms with Crippen LogP contribution in [0.4, 0.5) is 5.82 Å². The maximum Gasteiger partial charge on any atom is 0.239 e. The van der Waals surface area contributed by atoms with Crippen molar-refractivity contribution in [2.75, 3.05) is 11.9 Å². The fourth-order valence-electron chi connectivity index (χ4n) is 2.10. The van der Waals surface area contributed by atoms with Gasteiger partial charge in [0.25, 0.3) is 0 Å². The lowest BCUT2D eigenvalue weighted by molar-refractivity contribution is -0.119. The number of amides is 1. The number of rotatable bonds is 4. The van der Waals surface area contributed by atoms with Crippen LogP contribution in [0.5, 0.6) is 0 Å². The summed E-state index contributed by atoms with van der Waals surface area (Å²) in [5, 5.41) is 10.6. The van der Waals surface area contributed by atoms with E-state index in [0.29, 0.717) is 11.9 Å². The first-order valence-electron chi connectivity index (χ1n) is 7.31. The summed E-state index contributed by atoms with van der Waals surface area (Å²) >= 11 is 0. The Morgan fingerprint density at radius 3 is 2.86 bits per heavy atom. The predicted molar refractivity (Wildman–Crippen MR) is 81.3 cm³/mol. The zero-order valence-corrected chi connectivity index (χ0v) is 12.7. The maximum absolute atomic E-state index is 11.7. The summed E-state index contributed by atoms with van der Waals surface area (Å²) in [5.41, 5.74) is 1.87. The Kier molecular flexibility index (Phi) is 3.31. The van der Waals surface area contributed by atoms with Gasteiger partial charge in [-0.05, 0) is 18.9 Å². The van der Waals surface area contributed by atoms with Crippen molar-refractivity contribution in [3.05, 3.63) is 24.2 Å². The van der Waals surface area contributed by atoms with Crippen LogP contribution in [-0.4, -0.2) is 33.1 Å². The fraction of sp³-hybridized carbons (Fsp3) is 0.533. The molecule has 1 saturated carbocycles. The van der Waals surface area contributed by atoms with E-state index in [9.17, 15) is 4.79 Å². The molecule has 2 N–H and O–H groups in total. The van der Waals surface area contributed by atoms with Crippen molar-refractivity contribution >= 4 is 17.2 Å². The third-order valence-corrected chi connectivity index (χ3v) is 3.52. The number of hydrogen-bond donors (Lipinski definition) is 2. The van der Waals surface area contributed by atoms with Crippen LogP contribution < -0.4 is 10.6 Å². The average molecular weight is 287 g/mol. The molecule has 2 aromatic rings. The van der Waals surface area contributed by atoms with Crippen LogP contribution >= 0.6 is 0 Å². The summed E-state index contributed by atoms with van der Waals surface area (Å²) in [6.07, 6.45) is 5.70. The van der Waals surface area contributed by atoms with Gasteiger partial charge in [0.1, 0.15) is 5.52 Å². The second kappa shape index (κ2) is 5.02. The second-order valence-corrected chi connectivity index (χ2v) is 6.58. The summed E-state index contributed by atoms with van der Waals surface area (Å²) in [4.78, 5) is 16.1. The number of fused-ring (bicyclic) bond motifs is 1. The molecular formula is C15H21N5O. The summed E-state index contributed by atoms with van der Waals surface area (Å²) in [7, 11) is 0. The van der Waals surface area contributed by atoms with Gasteiger partial charge in [0, 0.05) is 23.9 Å². The third kappa shape index (κ3) is 3.15. The van der Waals surface area contributed by atoms with Crippen LogP contribution in [0.3, 0.4) is 0 Å². The van der Waals surface area contributed by atoms with Gasteiger partial charge < -0.3 is 10.6 Å². The highest BCUT2D eigenvalue weighted by molar-refractivity contribution is 5.82. The highest BCUT2D eigenvalue weighted by Crippen LogP contribution is 2.24. The molecule has 21 heavy (non-hydrogen) atoms. The van der Waals surface area contributed by atoms with E-state index in [4.69, 9.17) is 0 Å². The average Bonchev–Trinajstić information content (AvgIpc) is 3.09. The van der Waals surface area contributed by atoms with E-state index < -0.39 is 0 Å². The number of carbonyl (C=O) groups is 1. The fourth-order valence-corrected chi connectivity index (χ4v) is 2.10. The van der Waals surface area contributed by atoms with E-state index in [1.165, 1.54) is 0 Å². The van der Waals surface area contributed by atoms with Gasteiger partial charge in [-0.15, -0.1) is 0 Å². The van der Waals surface area contributed by atoms with Crippen LogP contribution in [-0.2, 0) is 10.2 Å². The van der Waals surface area contributed by atoms with E-state index in [0.717, 1.165) is 24.1 Å². The highest BCUT2D eigenvalue weighted by Gasteiger charge is 2.23.